The second-order valence-electron chi connectivity index (χ2n) is 8.03. The summed E-state index contributed by atoms with van der Waals surface area (Å²) in [5, 5.41) is 14.2. The molecule has 1 saturated heterocycles. The Bertz CT molecular complexity index is 1270. The van der Waals surface area contributed by atoms with Gasteiger partial charge in [0.05, 0.1) is 11.0 Å². The molecule has 1 aliphatic rings. The van der Waals surface area contributed by atoms with Crippen LogP contribution < -0.4 is 10.2 Å². The number of aromatic carboxylic acids is 1. The number of carbonyl (C=O) groups is 1. The van der Waals surface area contributed by atoms with Gasteiger partial charge in [-0.15, -0.1) is 0 Å². The maximum atomic E-state index is 11.9. The number of pyridine rings is 2. The fraction of sp³-hybridized carbons (Fsp3) is 0.318. The van der Waals surface area contributed by atoms with Gasteiger partial charge in [0, 0.05) is 30.6 Å². The molecule has 4 heterocycles. The van der Waals surface area contributed by atoms with Crippen molar-refractivity contribution in [1.29, 1.82) is 0 Å². The highest BCUT2D eigenvalue weighted by molar-refractivity contribution is 6.03. The zero-order chi connectivity index (χ0) is 20.3. The van der Waals surface area contributed by atoms with Crippen molar-refractivity contribution >= 4 is 39.5 Å². The summed E-state index contributed by atoms with van der Waals surface area (Å²) in [6, 6.07) is 12.2. The molecule has 0 radical (unpaired) electrons. The van der Waals surface area contributed by atoms with E-state index in [-0.39, 0.29) is 5.56 Å². The molecule has 7 heteroatoms. The minimum Gasteiger partial charge on any atom is -0.478 e. The average molecular weight is 389 g/mol. The lowest BCUT2D eigenvalue weighted by molar-refractivity contribution is 0.0698. The zero-order valence-electron chi connectivity index (χ0n) is 16.7. The highest BCUT2D eigenvalue weighted by atomic mass is 16.4. The molecule has 2 atom stereocenters. The molecular formula is C22H23N5O2. The van der Waals surface area contributed by atoms with Crippen LogP contribution in [0, 0.1) is 6.92 Å². The van der Waals surface area contributed by atoms with Crippen molar-refractivity contribution in [3.05, 3.63) is 47.5 Å². The molecule has 1 aliphatic heterocycles. The first-order valence-corrected chi connectivity index (χ1v) is 9.88. The maximum absolute atomic E-state index is 11.9. The van der Waals surface area contributed by atoms with E-state index in [0.717, 1.165) is 46.5 Å². The van der Waals surface area contributed by atoms with E-state index in [1.807, 2.05) is 35.6 Å². The molecule has 0 saturated carbocycles. The van der Waals surface area contributed by atoms with E-state index in [0.29, 0.717) is 17.7 Å². The maximum Gasteiger partial charge on any atom is 0.339 e. The van der Waals surface area contributed by atoms with Gasteiger partial charge in [-0.3, -0.25) is 4.40 Å². The molecule has 7 nitrogen and oxygen atoms in total. The van der Waals surface area contributed by atoms with Gasteiger partial charge in [-0.2, -0.15) is 0 Å². The van der Waals surface area contributed by atoms with Crippen LogP contribution in [0.5, 0.6) is 0 Å². The van der Waals surface area contributed by atoms with Gasteiger partial charge in [-0.1, -0.05) is 12.1 Å². The van der Waals surface area contributed by atoms with Gasteiger partial charge in [0.25, 0.3) is 0 Å². The van der Waals surface area contributed by atoms with E-state index in [4.69, 9.17) is 4.98 Å². The van der Waals surface area contributed by atoms with Crippen molar-refractivity contribution < 1.29 is 9.90 Å². The molecule has 0 bridgehead atoms. The smallest absolute Gasteiger partial charge is 0.339 e. The van der Waals surface area contributed by atoms with Gasteiger partial charge < -0.3 is 15.3 Å². The summed E-state index contributed by atoms with van der Waals surface area (Å²) in [6.45, 7) is 8.13. The second-order valence-corrected chi connectivity index (χ2v) is 8.03. The molecule has 0 spiro atoms. The standard InChI is InChI=1S/C22H23N5O2/c1-12-8-19(26-10-13(2)23-14(3)11-26)25-20-15(12)9-16(22(28)29)21-24-17-6-4-5-7-18(17)27(20)21/h4-9,13-14,23H,10-11H2,1-3H3,(H,28,29). The highest BCUT2D eigenvalue weighted by Gasteiger charge is 2.24. The first kappa shape index (κ1) is 17.9. The van der Waals surface area contributed by atoms with Gasteiger partial charge in [0.2, 0.25) is 0 Å². The molecule has 3 aromatic heterocycles. The molecule has 1 aromatic carbocycles. The number of aryl methyl sites for hydroxylation is 1. The van der Waals surface area contributed by atoms with Crippen LogP contribution in [0.1, 0.15) is 29.8 Å². The molecule has 2 unspecified atom stereocenters. The van der Waals surface area contributed by atoms with E-state index in [2.05, 4.69) is 35.1 Å². The third-order valence-electron chi connectivity index (χ3n) is 5.65. The zero-order valence-corrected chi connectivity index (χ0v) is 16.7. The number of hydrogen-bond donors (Lipinski definition) is 2. The number of piperazine rings is 1. The van der Waals surface area contributed by atoms with Crippen LogP contribution in [0.25, 0.3) is 27.7 Å². The number of benzene rings is 1. The minimum absolute atomic E-state index is 0.191. The van der Waals surface area contributed by atoms with Crippen LogP contribution in [-0.2, 0) is 0 Å². The Morgan fingerprint density at radius 1 is 1.10 bits per heavy atom. The summed E-state index contributed by atoms with van der Waals surface area (Å²) in [7, 11) is 0. The Kier molecular flexibility index (Phi) is 3.96. The minimum atomic E-state index is -0.986. The predicted molar refractivity (Wildman–Crippen MR) is 114 cm³/mol. The third kappa shape index (κ3) is 2.81. The molecule has 148 valence electrons. The summed E-state index contributed by atoms with van der Waals surface area (Å²) in [6.07, 6.45) is 0. The number of anilines is 1. The van der Waals surface area contributed by atoms with Crippen molar-refractivity contribution in [3.63, 3.8) is 0 Å². The quantitative estimate of drug-likeness (QED) is 0.548. The highest BCUT2D eigenvalue weighted by Crippen LogP contribution is 2.30. The summed E-state index contributed by atoms with van der Waals surface area (Å²) < 4.78 is 1.89. The van der Waals surface area contributed by atoms with Crippen LogP contribution in [0.3, 0.4) is 0 Å². The van der Waals surface area contributed by atoms with E-state index in [9.17, 15) is 9.90 Å². The number of nitrogens with zero attached hydrogens (tertiary/aromatic N) is 4. The topological polar surface area (TPSA) is 82.8 Å². The summed E-state index contributed by atoms with van der Waals surface area (Å²) >= 11 is 0. The van der Waals surface area contributed by atoms with Gasteiger partial charge in [-0.25, -0.2) is 14.8 Å². The molecule has 4 aromatic rings. The number of imidazole rings is 1. The van der Waals surface area contributed by atoms with Crippen molar-refractivity contribution in [1.82, 2.24) is 19.7 Å². The molecule has 1 fully saturated rings. The lowest BCUT2D eigenvalue weighted by atomic mass is 10.1. The van der Waals surface area contributed by atoms with Gasteiger partial charge in [0.1, 0.15) is 17.0 Å². The normalized spacial score (nSPS) is 20.0. The number of aromatic nitrogens is 3. The Hall–Kier alpha value is -3.19. The van der Waals surface area contributed by atoms with Crippen LogP contribution >= 0.6 is 0 Å². The lowest BCUT2D eigenvalue weighted by Crippen LogP contribution is -2.54. The number of para-hydroxylation sites is 2. The molecular weight excluding hydrogens is 366 g/mol. The Balaban J connectivity index is 1.84. The van der Waals surface area contributed by atoms with E-state index in [1.165, 1.54) is 0 Å². The van der Waals surface area contributed by atoms with Crippen molar-refractivity contribution in [2.75, 3.05) is 18.0 Å². The van der Waals surface area contributed by atoms with E-state index >= 15 is 0 Å². The lowest BCUT2D eigenvalue weighted by Gasteiger charge is -2.37. The molecule has 0 amide bonds. The van der Waals surface area contributed by atoms with Crippen molar-refractivity contribution in [2.45, 2.75) is 32.9 Å². The van der Waals surface area contributed by atoms with Crippen molar-refractivity contribution in [2.24, 2.45) is 0 Å². The van der Waals surface area contributed by atoms with Crippen LogP contribution in [0.2, 0.25) is 0 Å². The number of carboxylic acid groups (broad SMARTS) is 1. The Morgan fingerprint density at radius 3 is 2.55 bits per heavy atom. The third-order valence-corrected chi connectivity index (χ3v) is 5.65. The Labute approximate surface area is 168 Å². The van der Waals surface area contributed by atoms with Crippen molar-refractivity contribution in [3.8, 4) is 0 Å². The largest absolute Gasteiger partial charge is 0.478 e. The fourth-order valence-corrected chi connectivity index (χ4v) is 4.46. The first-order valence-electron chi connectivity index (χ1n) is 9.88. The molecule has 2 N–H and O–H groups in total. The molecule has 0 aliphatic carbocycles. The monoisotopic (exact) mass is 389 g/mol. The fourth-order valence-electron chi connectivity index (χ4n) is 4.46. The average Bonchev–Trinajstić information content (AvgIpc) is 3.06. The number of rotatable bonds is 2. The second kappa shape index (κ2) is 6.42. The van der Waals surface area contributed by atoms with Gasteiger partial charge in [0.15, 0.2) is 5.65 Å². The Morgan fingerprint density at radius 2 is 1.83 bits per heavy atom. The SMILES string of the molecule is Cc1cc(N2CC(C)NC(C)C2)nc2c1cc(C(=O)O)c1nc3ccccc3n12. The summed E-state index contributed by atoms with van der Waals surface area (Å²) in [4.78, 5) is 23.9. The summed E-state index contributed by atoms with van der Waals surface area (Å²) in [5.74, 6) is -0.0715. The number of nitrogens with one attached hydrogen (secondary N) is 1. The molecule has 29 heavy (non-hydrogen) atoms. The summed E-state index contributed by atoms with van der Waals surface area (Å²) in [5.41, 5.74) is 3.99. The molecule has 5 rings (SSSR count). The van der Waals surface area contributed by atoms with Gasteiger partial charge >= 0.3 is 5.97 Å². The van der Waals surface area contributed by atoms with Crippen LogP contribution in [0.15, 0.2) is 36.4 Å². The number of fused-ring (bicyclic) bond motifs is 5. The van der Waals surface area contributed by atoms with Crippen LogP contribution in [-0.4, -0.2) is 50.6 Å². The number of hydrogen-bond acceptors (Lipinski definition) is 5. The van der Waals surface area contributed by atoms with Crippen LogP contribution in [0.4, 0.5) is 5.82 Å². The predicted octanol–water partition coefficient (Wildman–Crippen LogP) is 3.23. The van der Waals surface area contributed by atoms with Gasteiger partial charge in [-0.05, 0) is 50.6 Å². The van der Waals surface area contributed by atoms with E-state index < -0.39 is 5.97 Å². The van der Waals surface area contributed by atoms with E-state index in [1.54, 1.807) is 6.07 Å². The number of carboxylic acids is 1. The first-order chi connectivity index (χ1) is 13.9.